The number of hydrogen-bond acceptors (Lipinski definition) is 2. The zero-order valence-corrected chi connectivity index (χ0v) is 14.4. The van der Waals surface area contributed by atoms with Gasteiger partial charge in [-0.25, -0.2) is 0 Å². The van der Waals surface area contributed by atoms with Gasteiger partial charge in [0.15, 0.2) is 0 Å². The maximum atomic E-state index is 12.0. The van der Waals surface area contributed by atoms with E-state index in [4.69, 9.17) is 5.11 Å². The van der Waals surface area contributed by atoms with Crippen LogP contribution in [-0.2, 0) is 16.0 Å². The number of nitrogens with one attached hydrogen (secondary N) is 1. The second kappa shape index (κ2) is 10.1. The number of carbonyl (C=O) groups excluding carboxylic acids is 1. The first kappa shape index (κ1) is 18.5. The Hall–Kier alpha value is -1.84. The molecule has 2 N–H and O–H groups in total. The van der Waals surface area contributed by atoms with Crippen LogP contribution in [0.2, 0.25) is 0 Å². The fraction of sp³-hybridized carbons (Fsp3) is 0.600. The Morgan fingerprint density at radius 3 is 2.38 bits per heavy atom. The summed E-state index contributed by atoms with van der Waals surface area (Å²) in [5.41, 5.74) is 2.03. The number of aliphatic carboxylic acids is 1. The number of carbonyl (C=O) groups is 2. The van der Waals surface area contributed by atoms with Crippen LogP contribution in [0.1, 0.15) is 69.8 Å². The van der Waals surface area contributed by atoms with Gasteiger partial charge in [-0.15, -0.1) is 0 Å². The number of carboxylic acid groups (broad SMARTS) is 1. The fourth-order valence-electron chi connectivity index (χ4n) is 3.39. The van der Waals surface area contributed by atoms with E-state index in [0.717, 1.165) is 30.9 Å². The Kier molecular flexibility index (Phi) is 7.80. The average molecular weight is 331 g/mol. The topological polar surface area (TPSA) is 66.4 Å². The number of amides is 1. The minimum absolute atomic E-state index is 0.106. The minimum Gasteiger partial charge on any atom is -0.481 e. The molecule has 4 heteroatoms. The molecule has 1 saturated carbocycles. The Labute approximate surface area is 144 Å². The first-order chi connectivity index (χ1) is 11.6. The predicted octanol–water partition coefficient (Wildman–Crippen LogP) is 4.78. The van der Waals surface area contributed by atoms with E-state index in [1.165, 1.54) is 37.7 Å². The smallest absolute Gasteiger partial charge is 0.303 e. The van der Waals surface area contributed by atoms with Crippen molar-refractivity contribution in [3.8, 4) is 0 Å². The monoisotopic (exact) mass is 331 g/mol. The van der Waals surface area contributed by atoms with E-state index in [2.05, 4.69) is 5.32 Å². The zero-order valence-electron chi connectivity index (χ0n) is 14.4. The number of carboxylic acids is 1. The van der Waals surface area contributed by atoms with Crippen molar-refractivity contribution in [2.24, 2.45) is 5.92 Å². The predicted molar refractivity (Wildman–Crippen MR) is 96.1 cm³/mol. The molecule has 0 aliphatic heterocycles. The number of hydrogen-bond donors (Lipinski definition) is 2. The zero-order chi connectivity index (χ0) is 17.2. The molecular formula is C20H29NO3. The molecule has 0 unspecified atom stereocenters. The molecule has 1 aromatic carbocycles. The van der Waals surface area contributed by atoms with Crippen LogP contribution >= 0.6 is 0 Å². The standard InChI is InChI=1S/C20H29NO3/c22-19(15-12-16-6-2-1-3-7-16)21-18-13-10-17(11-14-18)8-4-5-9-20(23)24/h10-11,13-14,16H,1-9,12,15H2,(H,21,22)(H,23,24). The quantitative estimate of drug-likeness (QED) is 0.640. The molecule has 0 radical (unpaired) electrons. The lowest BCUT2D eigenvalue weighted by atomic mass is 9.86. The van der Waals surface area contributed by atoms with Crippen molar-refractivity contribution in [1.82, 2.24) is 0 Å². The summed E-state index contributed by atoms with van der Waals surface area (Å²) in [7, 11) is 0. The molecule has 4 nitrogen and oxygen atoms in total. The van der Waals surface area contributed by atoms with Gasteiger partial charge in [0, 0.05) is 18.5 Å². The number of rotatable bonds is 9. The van der Waals surface area contributed by atoms with Gasteiger partial charge in [0.05, 0.1) is 0 Å². The summed E-state index contributed by atoms with van der Waals surface area (Å²) in [6.45, 7) is 0. The number of anilines is 1. The molecule has 0 atom stereocenters. The molecule has 0 bridgehead atoms. The maximum Gasteiger partial charge on any atom is 0.303 e. The van der Waals surface area contributed by atoms with Gasteiger partial charge in [0.1, 0.15) is 0 Å². The molecule has 1 fully saturated rings. The molecule has 24 heavy (non-hydrogen) atoms. The lowest BCUT2D eigenvalue weighted by Gasteiger charge is -2.21. The highest BCUT2D eigenvalue weighted by Crippen LogP contribution is 2.27. The van der Waals surface area contributed by atoms with Crippen LogP contribution in [0.4, 0.5) is 5.69 Å². The highest BCUT2D eigenvalue weighted by atomic mass is 16.4. The molecule has 0 saturated heterocycles. The van der Waals surface area contributed by atoms with Gasteiger partial charge >= 0.3 is 5.97 Å². The first-order valence-corrected chi connectivity index (χ1v) is 9.24. The normalized spacial score (nSPS) is 15.2. The van der Waals surface area contributed by atoms with Crippen molar-refractivity contribution >= 4 is 17.6 Å². The Morgan fingerprint density at radius 1 is 1.00 bits per heavy atom. The number of unbranched alkanes of at least 4 members (excludes halogenated alkanes) is 1. The largest absolute Gasteiger partial charge is 0.481 e. The van der Waals surface area contributed by atoms with Crippen molar-refractivity contribution in [2.75, 3.05) is 5.32 Å². The van der Waals surface area contributed by atoms with E-state index in [9.17, 15) is 9.59 Å². The number of benzene rings is 1. The molecule has 1 aliphatic rings. The SMILES string of the molecule is O=C(O)CCCCc1ccc(NC(=O)CCC2CCCCC2)cc1. The van der Waals surface area contributed by atoms with Crippen molar-refractivity contribution in [3.63, 3.8) is 0 Å². The van der Waals surface area contributed by atoms with Crippen LogP contribution in [0.3, 0.4) is 0 Å². The lowest BCUT2D eigenvalue weighted by molar-refractivity contribution is -0.137. The minimum atomic E-state index is -0.735. The van der Waals surface area contributed by atoms with Gasteiger partial charge in [-0.3, -0.25) is 9.59 Å². The van der Waals surface area contributed by atoms with Gasteiger partial charge in [-0.05, 0) is 49.3 Å². The van der Waals surface area contributed by atoms with Crippen LogP contribution in [-0.4, -0.2) is 17.0 Å². The Balaban J connectivity index is 1.66. The molecule has 1 aliphatic carbocycles. The molecule has 0 aromatic heterocycles. The average Bonchev–Trinajstić information content (AvgIpc) is 2.59. The number of aryl methyl sites for hydroxylation is 1. The van der Waals surface area contributed by atoms with Gasteiger partial charge in [0.2, 0.25) is 5.91 Å². The van der Waals surface area contributed by atoms with E-state index < -0.39 is 5.97 Å². The van der Waals surface area contributed by atoms with Crippen LogP contribution in [0.15, 0.2) is 24.3 Å². The third kappa shape index (κ3) is 7.16. The molecular weight excluding hydrogens is 302 g/mol. The fourth-order valence-corrected chi connectivity index (χ4v) is 3.39. The van der Waals surface area contributed by atoms with Crippen molar-refractivity contribution in [1.29, 1.82) is 0 Å². The summed E-state index contributed by atoms with van der Waals surface area (Å²) >= 11 is 0. The Morgan fingerprint density at radius 2 is 1.71 bits per heavy atom. The van der Waals surface area contributed by atoms with Crippen LogP contribution in [0.25, 0.3) is 0 Å². The van der Waals surface area contributed by atoms with Crippen LogP contribution in [0, 0.1) is 5.92 Å². The second-order valence-electron chi connectivity index (χ2n) is 6.89. The highest BCUT2D eigenvalue weighted by Gasteiger charge is 2.14. The van der Waals surface area contributed by atoms with E-state index in [1.807, 2.05) is 24.3 Å². The summed E-state index contributed by atoms with van der Waals surface area (Å²) in [6, 6.07) is 7.89. The van der Waals surface area contributed by atoms with Crippen LogP contribution in [0.5, 0.6) is 0 Å². The second-order valence-corrected chi connectivity index (χ2v) is 6.89. The summed E-state index contributed by atoms with van der Waals surface area (Å²) in [4.78, 5) is 22.5. The van der Waals surface area contributed by atoms with E-state index in [-0.39, 0.29) is 12.3 Å². The summed E-state index contributed by atoms with van der Waals surface area (Å²) in [6.07, 6.45) is 10.9. The molecule has 2 rings (SSSR count). The van der Waals surface area contributed by atoms with Gasteiger partial charge < -0.3 is 10.4 Å². The van der Waals surface area contributed by atoms with Crippen molar-refractivity contribution < 1.29 is 14.7 Å². The van der Waals surface area contributed by atoms with Gasteiger partial charge in [-0.2, -0.15) is 0 Å². The first-order valence-electron chi connectivity index (χ1n) is 9.24. The third-order valence-corrected chi connectivity index (χ3v) is 4.85. The van der Waals surface area contributed by atoms with E-state index >= 15 is 0 Å². The van der Waals surface area contributed by atoms with Crippen molar-refractivity contribution in [3.05, 3.63) is 29.8 Å². The molecule has 0 heterocycles. The summed E-state index contributed by atoms with van der Waals surface area (Å²) in [5.74, 6) is 0.105. The third-order valence-electron chi connectivity index (χ3n) is 4.85. The van der Waals surface area contributed by atoms with E-state index in [0.29, 0.717) is 12.8 Å². The van der Waals surface area contributed by atoms with Gasteiger partial charge in [0.25, 0.3) is 0 Å². The van der Waals surface area contributed by atoms with Gasteiger partial charge in [-0.1, -0.05) is 44.2 Å². The summed E-state index contributed by atoms with van der Waals surface area (Å²) in [5, 5.41) is 11.6. The molecule has 1 aromatic rings. The van der Waals surface area contributed by atoms with E-state index in [1.54, 1.807) is 0 Å². The molecule has 0 spiro atoms. The highest BCUT2D eigenvalue weighted by molar-refractivity contribution is 5.90. The Bertz CT molecular complexity index is 518. The maximum absolute atomic E-state index is 12.0. The lowest BCUT2D eigenvalue weighted by Crippen LogP contribution is -2.14. The van der Waals surface area contributed by atoms with Crippen LogP contribution < -0.4 is 5.32 Å². The summed E-state index contributed by atoms with van der Waals surface area (Å²) < 4.78 is 0. The molecule has 132 valence electrons. The van der Waals surface area contributed by atoms with Crippen molar-refractivity contribution in [2.45, 2.75) is 70.6 Å². The molecule has 1 amide bonds.